The van der Waals surface area contributed by atoms with Crippen molar-refractivity contribution in [3.63, 3.8) is 0 Å². The fourth-order valence-electron chi connectivity index (χ4n) is 1.20. The minimum Gasteiger partial charge on any atom is -0.198 e. The molecule has 0 aliphatic carbocycles. The highest BCUT2D eigenvalue weighted by Gasteiger charge is 2.17. The molecule has 0 aliphatic rings. The van der Waals surface area contributed by atoms with Crippen molar-refractivity contribution < 1.29 is 0 Å². The van der Waals surface area contributed by atoms with E-state index in [4.69, 9.17) is 5.26 Å². The topological polar surface area (TPSA) is 23.8 Å². The predicted molar refractivity (Wildman–Crippen MR) is 47.6 cm³/mol. The predicted octanol–water partition coefficient (Wildman–Crippen LogP) is 3.02. The zero-order chi connectivity index (χ0) is 8.04. The van der Waals surface area contributed by atoms with E-state index in [1.54, 1.807) is 0 Å². The van der Waals surface area contributed by atoms with Crippen LogP contribution < -0.4 is 0 Å². The van der Waals surface area contributed by atoms with Crippen molar-refractivity contribution in [1.29, 1.82) is 5.26 Å². The minimum atomic E-state index is -0.947. The highest BCUT2D eigenvalue weighted by atomic mass is 28.3. The highest BCUT2D eigenvalue weighted by Crippen LogP contribution is 2.18. The highest BCUT2D eigenvalue weighted by molar-refractivity contribution is 6.77. The Labute approximate surface area is 65.1 Å². The molecule has 0 radical (unpaired) electrons. The summed E-state index contributed by atoms with van der Waals surface area (Å²) in [5.74, 6) is 0. The van der Waals surface area contributed by atoms with Crippen LogP contribution in [0.3, 0.4) is 0 Å². The summed E-state index contributed by atoms with van der Waals surface area (Å²) in [6, 6.07) is 4.76. The summed E-state index contributed by atoms with van der Waals surface area (Å²) in [6.07, 6.45) is 2.05. The monoisotopic (exact) mass is 155 g/mol. The lowest BCUT2D eigenvalue weighted by Crippen LogP contribution is -2.23. The van der Waals surface area contributed by atoms with Gasteiger partial charge < -0.3 is 0 Å². The molecule has 0 aromatic heterocycles. The Balaban J connectivity index is 3.54. The zero-order valence-corrected chi connectivity index (χ0v) is 8.28. The molecule has 0 bridgehead atoms. The average molecular weight is 155 g/mol. The van der Waals surface area contributed by atoms with Crippen molar-refractivity contribution in [2.45, 2.75) is 44.9 Å². The van der Waals surface area contributed by atoms with E-state index in [0.717, 1.165) is 6.42 Å². The molecule has 0 saturated heterocycles. The zero-order valence-electron chi connectivity index (χ0n) is 7.28. The molecule has 0 aliphatic heterocycles. The van der Waals surface area contributed by atoms with E-state index in [9.17, 15) is 0 Å². The van der Waals surface area contributed by atoms with Crippen molar-refractivity contribution in [2.75, 3.05) is 0 Å². The minimum absolute atomic E-state index is 0.763. The van der Waals surface area contributed by atoms with E-state index < -0.39 is 8.07 Å². The molecule has 58 valence electrons. The fourth-order valence-corrected chi connectivity index (χ4v) is 3.59. The Hall–Kier alpha value is -0.293. The largest absolute Gasteiger partial charge is 0.198 e. The van der Waals surface area contributed by atoms with Gasteiger partial charge in [0.25, 0.3) is 0 Å². The maximum atomic E-state index is 8.37. The number of nitriles is 1. The van der Waals surface area contributed by atoms with Crippen molar-refractivity contribution in [1.82, 2.24) is 0 Å². The molecule has 0 saturated carbocycles. The third kappa shape index (κ3) is 4.57. The van der Waals surface area contributed by atoms with Gasteiger partial charge in [0.2, 0.25) is 0 Å². The van der Waals surface area contributed by atoms with Gasteiger partial charge in [0.15, 0.2) is 0 Å². The van der Waals surface area contributed by atoms with E-state index in [2.05, 4.69) is 26.1 Å². The van der Waals surface area contributed by atoms with Crippen LogP contribution in [0.25, 0.3) is 0 Å². The van der Waals surface area contributed by atoms with Gasteiger partial charge in [0.05, 0.1) is 6.07 Å². The van der Waals surface area contributed by atoms with E-state index in [1.807, 2.05) is 0 Å². The summed E-state index contributed by atoms with van der Waals surface area (Å²) in [4.78, 5) is 0. The first-order valence-electron chi connectivity index (χ1n) is 3.99. The molecule has 0 fully saturated rings. The normalized spacial score (nSPS) is 11.0. The first-order valence-corrected chi connectivity index (χ1v) is 7.41. The summed E-state index contributed by atoms with van der Waals surface area (Å²) in [5.41, 5.74) is 0. The third-order valence-electron chi connectivity index (χ3n) is 1.84. The van der Waals surface area contributed by atoms with E-state index in [1.165, 1.54) is 18.5 Å². The summed E-state index contributed by atoms with van der Waals surface area (Å²) in [5, 5.41) is 8.37. The molecule has 10 heavy (non-hydrogen) atoms. The van der Waals surface area contributed by atoms with Gasteiger partial charge >= 0.3 is 0 Å². The quantitative estimate of drug-likeness (QED) is 0.572. The Kier molecular flexibility index (Phi) is 4.38. The van der Waals surface area contributed by atoms with Gasteiger partial charge in [-0.05, 0) is 6.04 Å². The third-order valence-corrected chi connectivity index (χ3v) is 5.30. The SMILES string of the molecule is CCC[Si](C)(C)CCC#N. The van der Waals surface area contributed by atoms with Crippen LogP contribution in [-0.2, 0) is 0 Å². The van der Waals surface area contributed by atoms with E-state index in [-0.39, 0.29) is 0 Å². The second kappa shape index (κ2) is 4.51. The molecular formula is C8H17NSi. The molecule has 0 aromatic rings. The van der Waals surface area contributed by atoms with Crippen LogP contribution in [0, 0.1) is 11.3 Å². The Morgan fingerprint density at radius 1 is 1.30 bits per heavy atom. The van der Waals surface area contributed by atoms with Gasteiger partial charge in [-0.25, -0.2) is 0 Å². The Morgan fingerprint density at radius 2 is 1.90 bits per heavy atom. The van der Waals surface area contributed by atoms with Gasteiger partial charge in [-0.15, -0.1) is 0 Å². The molecule has 0 aromatic carbocycles. The van der Waals surface area contributed by atoms with Crippen molar-refractivity contribution in [3.8, 4) is 6.07 Å². The molecule has 0 rings (SSSR count). The van der Waals surface area contributed by atoms with Gasteiger partial charge in [0.1, 0.15) is 0 Å². The molecular weight excluding hydrogens is 138 g/mol. The van der Waals surface area contributed by atoms with Crippen LogP contribution >= 0.6 is 0 Å². The van der Waals surface area contributed by atoms with Crippen LogP contribution in [0.15, 0.2) is 0 Å². The lowest BCUT2D eigenvalue weighted by Gasteiger charge is -2.19. The van der Waals surface area contributed by atoms with Crippen molar-refractivity contribution >= 4 is 8.07 Å². The first kappa shape index (κ1) is 9.71. The van der Waals surface area contributed by atoms with E-state index in [0.29, 0.717) is 0 Å². The molecule has 0 N–H and O–H groups in total. The van der Waals surface area contributed by atoms with Crippen LogP contribution in [0.1, 0.15) is 19.8 Å². The second-order valence-electron chi connectivity index (χ2n) is 3.57. The van der Waals surface area contributed by atoms with Gasteiger partial charge in [-0.1, -0.05) is 32.5 Å². The maximum absolute atomic E-state index is 8.37. The molecule has 0 unspecified atom stereocenters. The summed E-state index contributed by atoms with van der Waals surface area (Å²) >= 11 is 0. The summed E-state index contributed by atoms with van der Waals surface area (Å²) in [7, 11) is -0.947. The van der Waals surface area contributed by atoms with Gasteiger partial charge in [-0.3, -0.25) is 0 Å². The number of hydrogen-bond acceptors (Lipinski definition) is 1. The average Bonchev–Trinajstić information content (AvgIpc) is 1.84. The number of hydrogen-bond donors (Lipinski definition) is 0. The lowest BCUT2D eigenvalue weighted by molar-refractivity contribution is 1.02. The van der Waals surface area contributed by atoms with Crippen molar-refractivity contribution in [2.24, 2.45) is 0 Å². The number of nitrogens with zero attached hydrogens (tertiary/aromatic N) is 1. The molecule has 0 amide bonds. The van der Waals surface area contributed by atoms with Crippen LogP contribution in [0.2, 0.25) is 25.2 Å². The first-order chi connectivity index (χ1) is 4.62. The fraction of sp³-hybridized carbons (Fsp3) is 0.875. The second-order valence-corrected chi connectivity index (χ2v) is 8.90. The lowest BCUT2D eigenvalue weighted by atomic mass is 10.5. The summed E-state index contributed by atoms with van der Waals surface area (Å²) in [6.45, 7) is 6.96. The van der Waals surface area contributed by atoms with Gasteiger partial charge in [-0.2, -0.15) is 5.26 Å². The van der Waals surface area contributed by atoms with Gasteiger partial charge in [0, 0.05) is 14.5 Å². The molecule has 1 nitrogen and oxygen atoms in total. The smallest absolute Gasteiger partial charge is 0.0618 e. The molecule has 0 heterocycles. The number of rotatable bonds is 4. The standard InChI is InChI=1S/C8H17NSi/c1-4-7-10(2,3)8-5-6-9/h4-5,7-8H2,1-3H3. The van der Waals surface area contributed by atoms with E-state index >= 15 is 0 Å². The molecule has 0 spiro atoms. The Bertz CT molecular complexity index is 124. The van der Waals surface area contributed by atoms with Crippen LogP contribution in [0.5, 0.6) is 0 Å². The van der Waals surface area contributed by atoms with Crippen LogP contribution in [-0.4, -0.2) is 8.07 Å². The maximum Gasteiger partial charge on any atom is 0.0618 e. The van der Waals surface area contributed by atoms with Crippen LogP contribution in [0.4, 0.5) is 0 Å². The van der Waals surface area contributed by atoms with Crippen molar-refractivity contribution in [3.05, 3.63) is 0 Å². The summed E-state index contributed by atoms with van der Waals surface area (Å²) < 4.78 is 0. The molecule has 2 heteroatoms. The molecule has 0 atom stereocenters. The Morgan fingerprint density at radius 3 is 2.30 bits per heavy atom.